The zero-order chi connectivity index (χ0) is 11.4. The van der Waals surface area contributed by atoms with Gasteiger partial charge in [0.15, 0.2) is 0 Å². The number of benzene rings is 1. The fourth-order valence-electron chi connectivity index (χ4n) is 1.51. The third kappa shape index (κ3) is 2.53. The van der Waals surface area contributed by atoms with Crippen molar-refractivity contribution in [2.45, 2.75) is 32.3 Å². The molecule has 4 heteroatoms. The number of unbranched alkanes of at least 4 members (excludes halogenated alkanes) is 1. The van der Waals surface area contributed by atoms with Crippen molar-refractivity contribution >= 4 is 17.1 Å². The molecule has 0 bridgehead atoms. The molecule has 1 rings (SSSR count). The summed E-state index contributed by atoms with van der Waals surface area (Å²) in [5.41, 5.74) is 19.0. The summed E-state index contributed by atoms with van der Waals surface area (Å²) in [4.78, 5) is 0. The molecule has 1 aromatic carbocycles. The first-order chi connectivity index (χ1) is 7.07. The fraction of sp³-hybridized carbons (Fsp3) is 0.455. The van der Waals surface area contributed by atoms with Gasteiger partial charge in [-0.25, -0.2) is 0 Å². The van der Waals surface area contributed by atoms with E-state index < -0.39 is 6.10 Å². The lowest BCUT2D eigenvalue weighted by atomic mass is 10.0. The number of rotatable bonds is 4. The quantitative estimate of drug-likeness (QED) is 0.567. The summed E-state index contributed by atoms with van der Waals surface area (Å²) in [6, 6.07) is 3.41. The van der Waals surface area contributed by atoms with Crippen molar-refractivity contribution in [2.75, 3.05) is 17.2 Å². The molecule has 7 N–H and O–H groups in total. The van der Waals surface area contributed by atoms with Crippen LogP contribution in [0.3, 0.4) is 0 Å². The van der Waals surface area contributed by atoms with E-state index in [2.05, 4.69) is 6.92 Å². The Hall–Kier alpha value is -1.42. The fourth-order valence-corrected chi connectivity index (χ4v) is 1.51. The lowest BCUT2D eigenvalue weighted by Gasteiger charge is -2.15. The van der Waals surface area contributed by atoms with E-state index in [9.17, 15) is 5.11 Å². The van der Waals surface area contributed by atoms with E-state index in [1.54, 1.807) is 12.1 Å². The third-order valence-corrected chi connectivity index (χ3v) is 2.54. The molecule has 0 saturated heterocycles. The predicted molar refractivity (Wildman–Crippen MR) is 64.2 cm³/mol. The van der Waals surface area contributed by atoms with Gasteiger partial charge in [-0.3, -0.25) is 0 Å². The molecule has 15 heavy (non-hydrogen) atoms. The summed E-state index contributed by atoms with van der Waals surface area (Å²) in [6.45, 7) is 2.08. The van der Waals surface area contributed by atoms with E-state index in [-0.39, 0.29) is 0 Å². The van der Waals surface area contributed by atoms with E-state index >= 15 is 0 Å². The number of aliphatic hydroxyl groups is 1. The van der Waals surface area contributed by atoms with Crippen LogP contribution in [0.2, 0.25) is 0 Å². The van der Waals surface area contributed by atoms with Crippen LogP contribution in [0.1, 0.15) is 37.9 Å². The maximum Gasteiger partial charge on any atom is 0.0810 e. The number of hydrogen-bond donors (Lipinski definition) is 4. The molecule has 0 spiro atoms. The zero-order valence-electron chi connectivity index (χ0n) is 9.03. The van der Waals surface area contributed by atoms with Crippen LogP contribution in [-0.4, -0.2) is 5.11 Å². The van der Waals surface area contributed by atoms with E-state index in [0.29, 0.717) is 29.0 Å². The maximum absolute atomic E-state index is 9.87. The maximum atomic E-state index is 9.87. The van der Waals surface area contributed by atoms with Crippen molar-refractivity contribution in [3.05, 3.63) is 17.7 Å². The number of aliphatic hydroxyl groups excluding tert-OH is 1. The van der Waals surface area contributed by atoms with Gasteiger partial charge in [-0.1, -0.05) is 25.8 Å². The second-order valence-corrected chi connectivity index (χ2v) is 3.73. The number of nitrogen functional groups attached to an aromatic ring is 3. The highest BCUT2D eigenvalue weighted by molar-refractivity contribution is 5.79. The normalized spacial score (nSPS) is 12.7. The minimum Gasteiger partial charge on any atom is -0.397 e. The molecule has 84 valence electrons. The Bertz CT molecular complexity index is 339. The molecule has 1 aromatic rings. The largest absolute Gasteiger partial charge is 0.397 e. The molecule has 1 unspecified atom stereocenters. The van der Waals surface area contributed by atoms with Crippen LogP contribution in [0.15, 0.2) is 12.1 Å². The van der Waals surface area contributed by atoms with E-state index in [1.165, 1.54) is 0 Å². The van der Waals surface area contributed by atoms with E-state index in [4.69, 9.17) is 17.2 Å². The molecule has 0 aliphatic rings. The van der Waals surface area contributed by atoms with Crippen LogP contribution in [-0.2, 0) is 0 Å². The highest BCUT2D eigenvalue weighted by Gasteiger charge is 2.13. The first-order valence-electron chi connectivity index (χ1n) is 5.19. The minimum atomic E-state index is -0.548. The van der Waals surface area contributed by atoms with Crippen LogP contribution in [0.5, 0.6) is 0 Å². The lowest BCUT2D eigenvalue weighted by molar-refractivity contribution is 0.165. The van der Waals surface area contributed by atoms with E-state index in [0.717, 1.165) is 12.8 Å². The Morgan fingerprint density at radius 3 is 2.47 bits per heavy atom. The van der Waals surface area contributed by atoms with Crippen molar-refractivity contribution in [1.29, 1.82) is 0 Å². The first-order valence-corrected chi connectivity index (χ1v) is 5.19. The third-order valence-electron chi connectivity index (χ3n) is 2.54. The topological polar surface area (TPSA) is 98.3 Å². The van der Waals surface area contributed by atoms with Gasteiger partial charge < -0.3 is 22.3 Å². The summed E-state index contributed by atoms with van der Waals surface area (Å²) < 4.78 is 0. The summed E-state index contributed by atoms with van der Waals surface area (Å²) in [6.07, 6.45) is 2.16. The minimum absolute atomic E-state index is 0.364. The monoisotopic (exact) mass is 209 g/mol. The lowest BCUT2D eigenvalue weighted by Crippen LogP contribution is -2.07. The van der Waals surface area contributed by atoms with Crippen LogP contribution in [0, 0.1) is 0 Å². The molecule has 0 radical (unpaired) electrons. The molecule has 0 amide bonds. The molecule has 0 fully saturated rings. The second-order valence-electron chi connectivity index (χ2n) is 3.73. The van der Waals surface area contributed by atoms with Gasteiger partial charge in [0.2, 0.25) is 0 Å². The van der Waals surface area contributed by atoms with Crippen molar-refractivity contribution in [2.24, 2.45) is 0 Å². The van der Waals surface area contributed by atoms with Gasteiger partial charge in [-0.2, -0.15) is 0 Å². The van der Waals surface area contributed by atoms with Gasteiger partial charge in [0, 0.05) is 5.56 Å². The van der Waals surface area contributed by atoms with Gasteiger partial charge in [0.25, 0.3) is 0 Å². The Morgan fingerprint density at radius 1 is 1.20 bits per heavy atom. The molecule has 0 saturated carbocycles. The highest BCUT2D eigenvalue weighted by atomic mass is 16.3. The van der Waals surface area contributed by atoms with Crippen molar-refractivity contribution in [1.82, 2.24) is 0 Å². The van der Waals surface area contributed by atoms with Crippen LogP contribution in [0.4, 0.5) is 17.1 Å². The number of hydrogen-bond acceptors (Lipinski definition) is 4. The summed E-state index contributed by atoms with van der Waals surface area (Å²) in [7, 11) is 0. The molecule has 4 nitrogen and oxygen atoms in total. The van der Waals surface area contributed by atoms with Crippen LogP contribution < -0.4 is 17.2 Å². The summed E-state index contributed by atoms with van der Waals surface area (Å²) in [5.74, 6) is 0. The molecule has 0 heterocycles. The molecule has 0 aliphatic carbocycles. The predicted octanol–water partition coefficient (Wildman–Crippen LogP) is 1.66. The van der Waals surface area contributed by atoms with Gasteiger partial charge in [-0.15, -0.1) is 0 Å². The van der Waals surface area contributed by atoms with Crippen LogP contribution >= 0.6 is 0 Å². The number of nitrogens with two attached hydrogens (primary N) is 3. The highest BCUT2D eigenvalue weighted by Crippen LogP contribution is 2.32. The summed E-state index contributed by atoms with van der Waals surface area (Å²) >= 11 is 0. The number of anilines is 3. The molecule has 0 aromatic heterocycles. The SMILES string of the molecule is CCCCC(O)c1ccc(N)c(N)c1N. The first kappa shape index (κ1) is 11.7. The molecular formula is C11H19N3O. The van der Waals surface area contributed by atoms with Gasteiger partial charge in [0.1, 0.15) is 0 Å². The molecular weight excluding hydrogens is 190 g/mol. The Balaban J connectivity index is 2.90. The van der Waals surface area contributed by atoms with E-state index in [1.807, 2.05) is 0 Å². The standard InChI is InChI=1S/C11H19N3O/c1-2-3-4-9(15)7-5-6-8(12)11(14)10(7)13/h5-6,9,15H,2-4,12-14H2,1H3. The van der Waals surface area contributed by atoms with Gasteiger partial charge >= 0.3 is 0 Å². The average molecular weight is 209 g/mol. The van der Waals surface area contributed by atoms with Crippen LogP contribution in [0.25, 0.3) is 0 Å². The van der Waals surface area contributed by atoms with Gasteiger partial charge in [0.05, 0.1) is 23.2 Å². The smallest absolute Gasteiger partial charge is 0.0810 e. The average Bonchev–Trinajstić information content (AvgIpc) is 2.23. The van der Waals surface area contributed by atoms with Gasteiger partial charge in [-0.05, 0) is 12.5 Å². The van der Waals surface area contributed by atoms with Crippen molar-refractivity contribution < 1.29 is 5.11 Å². The Kier molecular flexibility index (Phi) is 3.80. The zero-order valence-corrected chi connectivity index (χ0v) is 9.03. The second kappa shape index (κ2) is 4.89. The molecule has 1 atom stereocenters. The Labute approximate surface area is 90.1 Å². The van der Waals surface area contributed by atoms with Crippen molar-refractivity contribution in [3.8, 4) is 0 Å². The van der Waals surface area contributed by atoms with Crippen molar-refractivity contribution in [3.63, 3.8) is 0 Å². The Morgan fingerprint density at radius 2 is 1.87 bits per heavy atom. The molecule has 0 aliphatic heterocycles. The summed E-state index contributed by atoms with van der Waals surface area (Å²) in [5, 5.41) is 9.87.